The molecule has 1 aliphatic heterocycles. The molecule has 0 saturated carbocycles. The Hall–Kier alpha value is -3.16. The molecule has 1 fully saturated rings. The fourth-order valence-corrected chi connectivity index (χ4v) is 4.53. The molecule has 7 heteroatoms. The van der Waals surface area contributed by atoms with E-state index >= 15 is 0 Å². The van der Waals surface area contributed by atoms with Crippen LogP contribution >= 0.6 is 11.3 Å². The van der Waals surface area contributed by atoms with Gasteiger partial charge in [0.2, 0.25) is 0 Å². The lowest BCUT2D eigenvalue weighted by Crippen LogP contribution is -2.44. The van der Waals surface area contributed by atoms with Gasteiger partial charge in [-0.1, -0.05) is 18.2 Å². The summed E-state index contributed by atoms with van der Waals surface area (Å²) in [5.41, 5.74) is 6.79. The predicted octanol–water partition coefficient (Wildman–Crippen LogP) is 4.80. The van der Waals surface area contributed by atoms with Crippen LogP contribution in [0.4, 0.5) is 16.5 Å². The Morgan fingerprint density at radius 3 is 2.48 bits per heavy atom. The molecule has 31 heavy (non-hydrogen) atoms. The Balaban J connectivity index is 1.32. The van der Waals surface area contributed by atoms with Crippen LogP contribution in [0.25, 0.3) is 16.9 Å². The number of likely N-dealkylation sites (N-methyl/N-ethyl adjacent to an activating group) is 1. The quantitative estimate of drug-likeness (QED) is 0.493. The SMILES string of the molecule is Cc1ccc(N2CCN(C)CC2)cc1Nc1nc(-c2ccc(-n3ccnc3)cc2)cs1. The average Bonchev–Trinajstić information content (AvgIpc) is 3.49. The maximum Gasteiger partial charge on any atom is 0.187 e. The number of aromatic nitrogens is 3. The van der Waals surface area contributed by atoms with Gasteiger partial charge < -0.3 is 19.7 Å². The van der Waals surface area contributed by atoms with E-state index in [0.29, 0.717) is 0 Å². The summed E-state index contributed by atoms with van der Waals surface area (Å²) >= 11 is 1.63. The van der Waals surface area contributed by atoms with Crippen molar-refractivity contribution >= 4 is 27.8 Å². The minimum absolute atomic E-state index is 0.910. The van der Waals surface area contributed by atoms with E-state index in [9.17, 15) is 0 Å². The monoisotopic (exact) mass is 430 g/mol. The van der Waals surface area contributed by atoms with E-state index in [4.69, 9.17) is 4.98 Å². The van der Waals surface area contributed by atoms with Crippen molar-refractivity contribution in [3.05, 3.63) is 72.1 Å². The molecule has 1 N–H and O–H groups in total. The number of nitrogens with one attached hydrogen (secondary N) is 1. The van der Waals surface area contributed by atoms with Crippen molar-refractivity contribution in [3.8, 4) is 16.9 Å². The van der Waals surface area contributed by atoms with Crippen LogP contribution in [0.3, 0.4) is 0 Å². The van der Waals surface area contributed by atoms with E-state index in [2.05, 4.69) is 81.9 Å². The van der Waals surface area contributed by atoms with Crippen LogP contribution in [0.1, 0.15) is 5.56 Å². The molecule has 2 aromatic carbocycles. The lowest BCUT2D eigenvalue weighted by atomic mass is 10.1. The third kappa shape index (κ3) is 4.33. The number of anilines is 3. The molecule has 2 aromatic heterocycles. The van der Waals surface area contributed by atoms with E-state index in [1.54, 1.807) is 23.9 Å². The Bertz CT molecular complexity index is 1140. The zero-order chi connectivity index (χ0) is 21.2. The first-order chi connectivity index (χ1) is 15.2. The van der Waals surface area contributed by atoms with Gasteiger partial charge in [0.25, 0.3) is 0 Å². The predicted molar refractivity (Wildman–Crippen MR) is 129 cm³/mol. The Kier molecular flexibility index (Phi) is 5.44. The number of hydrogen-bond donors (Lipinski definition) is 1. The maximum absolute atomic E-state index is 4.83. The van der Waals surface area contributed by atoms with Crippen molar-refractivity contribution in [2.45, 2.75) is 6.92 Å². The standard InChI is InChI=1S/C24H26N6S/c1-18-3-6-21(29-13-11-28(2)12-14-29)15-22(18)26-24-27-23(16-31-24)19-4-7-20(8-5-19)30-10-9-25-17-30/h3-10,15-17H,11-14H2,1-2H3,(H,26,27). The van der Waals surface area contributed by atoms with Gasteiger partial charge in [0.1, 0.15) is 0 Å². The molecular formula is C24H26N6S. The smallest absolute Gasteiger partial charge is 0.187 e. The molecule has 3 heterocycles. The number of benzene rings is 2. The van der Waals surface area contributed by atoms with Crippen LogP contribution in [-0.2, 0) is 0 Å². The highest BCUT2D eigenvalue weighted by atomic mass is 32.1. The number of nitrogens with zero attached hydrogens (tertiary/aromatic N) is 5. The normalized spacial score (nSPS) is 14.7. The summed E-state index contributed by atoms with van der Waals surface area (Å²) in [6.07, 6.45) is 5.53. The van der Waals surface area contributed by atoms with Gasteiger partial charge in [0.05, 0.1) is 12.0 Å². The summed E-state index contributed by atoms with van der Waals surface area (Å²) < 4.78 is 1.99. The summed E-state index contributed by atoms with van der Waals surface area (Å²) in [6.45, 7) is 6.47. The van der Waals surface area contributed by atoms with E-state index in [-0.39, 0.29) is 0 Å². The van der Waals surface area contributed by atoms with Gasteiger partial charge >= 0.3 is 0 Å². The van der Waals surface area contributed by atoms with E-state index in [0.717, 1.165) is 53.9 Å². The first-order valence-electron chi connectivity index (χ1n) is 10.5. The van der Waals surface area contributed by atoms with Crippen LogP contribution in [-0.4, -0.2) is 52.7 Å². The van der Waals surface area contributed by atoms with Gasteiger partial charge in [-0.2, -0.15) is 0 Å². The number of rotatable bonds is 5. The van der Waals surface area contributed by atoms with Crippen LogP contribution in [0, 0.1) is 6.92 Å². The molecular weight excluding hydrogens is 404 g/mol. The Labute approximate surface area is 186 Å². The van der Waals surface area contributed by atoms with Crippen LogP contribution in [0.15, 0.2) is 66.6 Å². The second-order valence-electron chi connectivity index (χ2n) is 7.97. The summed E-state index contributed by atoms with van der Waals surface area (Å²) in [4.78, 5) is 13.8. The van der Waals surface area contributed by atoms with Crippen LogP contribution in [0.2, 0.25) is 0 Å². The molecule has 0 unspecified atom stereocenters. The molecule has 0 bridgehead atoms. The molecule has 0 radical (unpaired) electrons. The third-order valence-electron chi connectivity index (χ3n) is 5.80. The first kappa shape index (κ1) is 19.8. The van der Waals surface area contributed by atoms with Crippen molar-refractivity contribution in [3.63, 3.8) is 0 Å². The fourth-order valence-electron chi connectivity index (χ4n) is 3.80. The number of imidazole rings is 1. The van der Waals surface area contributed by atoms with Gasteiger partial charge in [0, 0.05) is 66.6 Å². The highest BCUT2D eigenvalue weighted by molar-refractivity contribution is 7.14. The summed E-state index contributed by atoms with van der Waals surface area (Å²) in [5, 5.41) is 6.56. The Morgan fingerprint density at radius 2 is 1.74 bits per heavy atom. The van der Waals surface area contributed by atoms with Crippen molar-refractivity contribution in [2.24, 2.45) is 0 Å². The number of thiazole rings is 1. The van der Waals surface area contributed by atoms with Crippen LogP contribution < -0.4 is 10.2 Å². The van der Waals surface area contributed by atoms with E-state index in [1.807, 2.05) is 10.8 Å². The lowest BCUT2D eigenvalue weighted by molar-refractivity contribution is 0.313. The zero-order valence-electron chi connectivity index (χ0n) is 17.8. The number of hydrogen-bond acceptors (Lipinski definition) is 6. The highest BCUT2D eigenvalue weighted by Gasteiger charge is 2.15. The van der Waals surface area contributed by atoms with Crippen LogP contribution in [0.5, 0.6) is 0 Å². The second kappa shape index (κ2) is 8.53. The molecule has 0 atom stereocenters. The first-order valence-corrected chi connectivity index (χ1v) is 11.4. The van der Waals surface area contributed by atoms with E-state index in [1.165, 1.54) is 11.3 Å². The lowest BCUT2D eigenvalue weighted by Gasteiger charge is -2.34. The molecule has 158 valence electrons. The highest BCUT2D eigenvalue weighted by Crippen LogP contribution is 2.31. The zero-order valence-corrected chi connectivity index (χ0v) is 18.6. The number of piperazine rings is 1. The van der Waals surface area contributed by atoms with Gasteiger partial charge in [-0.25, -0.2) is 9.97 Å². The summed E-state index contributed by atoms with van der Waals surface area (Å²) in [6, 6.07) is 15.1. The summed E-state index contributed by atoms with van der Waals surface area (Å²) in [5.74, 6) is 0. The maximum atomic E-state index is 4.83. The molecule has 1 saturated heterocycles. The third-order valence-corrected chi connectivity index (χ3v) is 6.56. The number of aryl methyl sites for hydroxylation is 1. The molecule has 0 aliphatic carbocycles. The van der Waals surface area contributed by atoms with Gasteiger partial charge in [0.15, 0.2) is 5.13 Å². The van der Waals surface area contributed by atoms with Gasteiger partial charge in [-0.15, -0.1) is 11.3 Å². The Morgan fingerprint density at radius 1 is 0.968 bits per heavy atom. The molecule has 0 amide bonds. The molecule has 5 rings (SSSR count). The molecule has 1 aliphatic rings. The molecule has 0 spiro atoms. The van der Waals surface area contributed by atoms with Crippen molar-refractivity contribution in [2.75, 3.05) is 43.4 Å². The summed E-state index contributed by atoms with van der Waals surface area (Å²) in [7, 11) is 2.19. The second-order valence-corrected chi connectivity index (χ2v) is 8.83. The van der Waals surface area contributed by atoms with Gasteiger partial charge in [-0.3, -0.25) is 0 Å². The largest absolute Gasteiger partial charge is 0.369 e. The van der Waals surface area contributed by atoms with Gasteiger partial charge in [-0.05, 0) is 43.8 Å². The van der Waals surface area contributed by atoms with Crippen molar-refractivity contribution in [1.82, 2.24) is 19.4 Å². The topological polar surface area (TPSA) is 49.2 Å². The fraction of sp³-hybridized carbons (Fsp3) is 0.250. The van der Waals surface area contributed by atoms with E-state index < -0.39 is 0 Å². The van der Waals surface area contributed by atoms with Crippen molar-refractivity contribution in [1.29, 1.82) is 0 Å². The molecule has 6 nitrogen and oxygen atoms in total. The van der Waals surface area contributed by atoms with Crippen molar-refractivity contribution < 1.29 is 0 Å². The minimum atomic E-state index is 0.910. The molecule has 4 aromatic rings. The average molecular weight is 431 g/mol. The minimum Gasteiger partial charge on any atom is -0.369 e.